The molecule has 13 nitrogen and oxygen atoms in total. The minimum Gasteiger partial charge on any atom is -0.481 e. The van der Waals surface area contributed by atoms with Gasteiger partial charge < -0.3 is 36.0 Å². The molecule has 6 N–H and O–H groups in total. The molecule has 0 aliphatic heterocycles. The van der Waals surface area contributed by atoms with Crippen LogP contribution in [0, 0.1) is 5.92 Å². The Morgan fingerprint density at radius 3 is 2.19 bits per heavy atom. The lowest BCUT2D eigenvalue weighted by atomic mass is 9.96. The summed E-state index contributed by atoms with van der Waals surface area (Å²) >= 11 is 1.32. The summed E-state index contributed by atoms with van der Waals surface area (Å²) in [6, 6.07) is -3.02. The van der Waals surface area contributed by atoms with Crippen molar-refractivity contribution in [2.75, 3.05) is 0 Å². The molecule has 0 aliphatic carbocycles. The number of rotatable bonds is 18. The third kappa shape index (κ3) is 15.2. The normalized spacial score (nSPS) is 15.2. The van der Waals surface area contributed by atoms with E-state index in [9.17, 15) is 34.2 Å². The molecule has 238 valence electrons. The second-order valence-electron chi connectivity index (χ2n) is 11.7. The summed E-state index contributed by atoms with van der Waals surface area (Å²) < 4.78 is 5.25. The van der Waals surface area contributed by atoms with Crippen molar-refractivity contribution in [2.24, 2.45) is 5.92 Å². The molecule has 0 aliphatic rings. The van der Waals surface area contributed by atoms with E-state index in [1.807, 2.05) is 0 Å². The molecular formula is C28H46N4O9S. The number of aliphatic hydroxyl groups excluding tert-OH is 2. The molecule has 0 spiro atoms. The highest BCUT2D eigenvalue weighted by atomic mass is 32.1. The van der Waals surface area contributed by atoms with Crippen molar-refractivity contribution < 1.29 is 44.0 Å². The molecule has 0 aromatic carbocycles. The Bertz CT molecular complexity index is 1030. The molecule has 5 atom stereocenters. The molecule has 42 heavy (non-hydrogen) atoms. The van der Waals surface area contributed by atoms with Crippen LogP contribution < -0.4 is 16.0 Å². The van der Waals surface area contributed by atoms with Crippen molar-refractivity contribution in [1.82, 2.24) is 20.9 Å². The number of carboxylic acids is 1. The Morgan fingerprint density at radius 1 is 0.976 bits per heavy atom. The van der Waals surface area contributed by atoms with Crippen molar-refractivity contribution in [3.8, 4) is 0 Å². The molecule has 1 aromatic rings. The van der Waals surface area contributed by atoms with Gasteiger partial charge in [-0.25, -0.2) is 4.98 Å². The van der Waals surface area contributed by atoms with Crippen LogP contribution in [0.4, 0.5) is 0 Å². The average molecular weight is 615 g/mol. The lowest BCUT2D eigenvalue weighted by molar-refractivity contribution is -0.155. The molecule has 0 saturated heterocycles. The van der Waals surface area contributed by atoms with Gasteiger partial charge in [0, 0.05) is 18.2 Å². The van der Waals surface area contributed by atoms with Gasteiger partial charge in [0.05, 0.1) is 42.3 Å². The van der Waals surface area contributed by atoms with Crippen LogP contribution in [0.15, 0.2) is 10.9 Å². The van der Waals surface area contributed by atoms with Gasteiger partial charge in [0.25, 0.3) is 0 Å². The number of carboxylic acid groups (broad SMARTS) is 1. The number of aliphatic carboxylic acids is 1. The summed E-state index contributed by atoms with van der Waals surface area (Å²) in [5, 5.41) is 39.0. The van der Waals surface area contributed by atoms with Gasteiger partial charge in [0.2, 0.25) is 17.7 Å². The van der Waals surface area contributed by atoms with Crippen molar-refractivity contribution >= 4 is 41.0 Å². The Kier molecular flexibility index (Phi) is 15.6. The summed E-state index contributed by atoms with van der Waals surface area (Å²) in [7, 11) is 0. The van der Waals surface area contributed by atoms with Gasteiger partial charge >= 0.3 is 11.9 Å². The number of aromatic nitrogens is 1. The zero-order chi connectivity index (χ0) is 32.0. The number of hydrogen-bond donors (Lipinski definition) is 6. The molecule has 0 fully saturated rings. The fourth-order valence-electron chi connectivity index (χ4n) is 4.05. The number of ether oxygens (including phenoxy) is 1. The Morgan fingerprint density at radius 2 is 1.64 bits per heavy atom. The van der Waals surface area contributed by atoms with Gasteiger partial charge in [0.1, 0.15) is 17.7 Å². The zero-order valence-electron chi connectivity index (χ0n) is 25.2. The van der Waals surface area contributed by atoms with Crippen LogP contribution >= 0.6 is 11.3 Å². The number of nitrogens with zero attached hydrogens (tertiary/aromatic N) is 1. The predicted octanol–water partition coefficient (Wildman–Crippen LogP) is 1.30. The maximum atomic E-state index is 13.1. The first-order chi connectivity index (χ1) is 19.5. The Hall–Kier alpha value is -3.10. The van der Waals surface area contributed by atoms with Gasteiger partial charge in [-0.05, 0) is 46.5 Å². The number of unbranched alkanes of at least 4 members (excludes halogenated alkanes) is 1. The van der Waals surface area contributed by atoms with Gasteiger partial charge in [-0.2, -0.15) is 0 Å². The van der Waals surface area contributed by atoms with E-state index >= 15 is 0 Å². The number of amides is 3. The van der Waals surface area contributed by atoms with E-state index in [1.165, 1.54) is 18.3 Å². The van der Waals surface area contributed by atoms with Crippen LogP contribution in [0.3, 0.4) is 0 Å². The van der Waals surface area contributed by atoms with Crippen molar-refractivity contribution in [2.45, 2.75) is 122 Å². The fourth-order valence-corrected chi connectivity index (χ4v) is 4.62. The van der Waals surface area contributed by atoms with Crippen LogP contribution in [-0.4, -0.2) is 85.9 Å². The Balaban J connectivity index is 2.71. The van der Waals surface area contributed by atoms with E-state index in [-0.39, 0.29) is 37.6 Å². The maximum Gasteiger partial charge on any atom is 0.306 e. The van der Waals surface area contributed by atoms with E-state index in [0.717, 1.165) is 0 Å². The third-order valence-corrected chi connectivity index (χ3v) is 6.77. The molecule has 1 aromatic heterocycles. The van der Waals surface area contributed by atoms with E-state index in [2.05, 4.69) is 20.9 Å². The molecule has 0 saturated carbocycles. The zero-order valence-corrected chi connectivity index (χ0v) is 26.0. The molecule has 3 amide bonds. The van der Waals surface area contributed by atoms with Gasteiger partial charge in [-0.3, -0.25) is 24.0 Å². The van der Waals surface area contributed by atoms with Gasteiger partial charge in [-0.1, -0.05) is 20.3 Å². The minimum absolute atomic E-state index is 0.0489. The number of carbonyl (C=O) groups is 5. The first kappa shape index (κ1) is 36.9. The van der Waals surface area contributed by atoms with E-state index in [0.29, 0.717) is 18.5 Å². The van der Waals surface area contributed by atoms with Gasteiger partial charge in [0.15, 0.2) is 0 Å². The average Bonchev–Trinajstić information content (AvgIpc) is 3.35. The largest absolute Gasteiger partial charge is 0.481 e. The highest BCUT2D eigenvalue weighted by Crippen LogP contribution is 2.13. The first-order valence-corrected chi connectivity index (χ1v) is 15.0. The summed E-state index contributed by atoms with van der Waals surface area (Å²) in [5.41, 5.74) is 1.56. The topological polar surface area (TPSA) is 204 Å². The summed E-state index contributed by atoms with van der Waals surface area (Å²) in [6.07, 6.45) is -1.60. The predicted molar refractivity (Wildman–Crippen MR) is 155 cm³/mol. The van der Waals surface area contributed by atoms with Crippen molar-refractivity contribution in [1.29, 1.82) is 0 Å². The van der Waals surface area contributed by atoms with E-state index < -0.39 is 66.0 Å². The van der Waals surface area contributed by atoms with E-state index in [1.54, 1.807) is 45.5 Å². The minimum atomic E-state index is -1.32. The standard InChI is InChI=1S/C28H46N4O9S/c1-16(2)25(21(34)13-23(36)37)32-26(39)17(3)30-27(40)20(11-18-14-42-15-29-18)31-22(35)12-19(33)9-7-8-10-24(38)41-28(4,5)6/h14-17,19-21,25,33-34H,7-13H2,1-6H3,(H,30,40)(H,31,35)(H,32,39)(H,36,37)/t17?,19-,20-,21?,25?/m1/s1. The molecule has 3 unspecified atom stereocenters. The summed E-state index contributed by atoms with van der Waals surface area (Å²) in [4.78, 5) is 65.6. The monoisotopic (exact) mass is 614 g/mol. The molecule has 1 heterocycles. The Labute approximate surface area is 250 Å². The maximum absolute atomic E-state index is 13.1. The highest BCUT2D eigenvalue weighted by molar-refractivity contribution is 7.07. The number of hydrogen-bond acceptors (Lipinski definition) is 10. The SMILES string of the molecule is CC(NC(=O)[C@@H](Cc1cscn1)NC(=O)C[C@H](O)CCCCC(=O)OC(C)(C)C)C(=O)NC(C(C)C)C(O)CC(=O)O. The van der Waals surface area contributed by atoms with Crippen LogP contribution in [0.5, 0.6) is 0 Å². The smallest absolute Gasteiger partial charge is 0.306 e. The van der Waals surface area contributed by atoms with E-state index in [4.69, 9.17) is 9.84 Å². The molecular weight excluding hydrogens is 568 g/mol. The molecule has 0 bridgehead atoms. The van der Waals surface area contributed by atoms with Crippen LogP contribution in [-0.2, 0) is 35.1 Å². The van der Waals surface area contributed by atoms with Crippen LogP contribution in [0.2, 0.25) is 0 Å². The number of thiazole rings is 1. The molecule has 14 heteroatoms. The number of nitrogens with one attached hydrogen (secondary N) is 3. The second kappa shape index (κ2) is 17.8. The second-order valence-corrected chi connectivity index (χ2v) is 12.4. The lowest BCUT2D eigenvalue weighted by Crippen LogP contribution is -2.56. The van der Waals surface area contributed by atoms with Crippen molar-refractivity contribution in [3.63, 3.8) is 0 Å². The van der Waals surface area contributed by atoms with Crippen LogP contribution in [0.1, 0.15) is 85.8 Å². The molecule has 0 radical (unpaired) electrons. The van der Waals surface area contributed by atoms with Gasteiger partial charge in [-0.15, -0.1) is 11.3 Å². The number of esters is 1. The number of carbonyl (C=O) groups excluding carboxylic acids is 4. The van der Waals surface area contributed by atoms with Crippen LogP contribution in [0.25, 0.3) is 0 Å². The first-order valence-electron chi connectivity index (χ1n) is 14.1. The third-order valence-electron chi connectivity index (χ3n) is 6.14. The highest BCUT2D eigenvalue weighted by Gasteiger charge is 2.30. The fraction of sp³-hybridized carbons (Fsp3) is 0.714. The summed E-state index contributed by atoms with van der Waals surface area (Å²) in [5.74, 6) is -3.68. The summed E-state index contributed by atoms with van der Waals surface area (Å²) in [6.45, 7) is 10.2. The quantitative estimate of drug-likeness (QED) is 0.103. The number of aliphatic hydroxyl groups is 2. The lowest BCUT2D eigenvalue weighted by Gasteiger charge is -2.28. The van der Waals surface area contributed by atoms with Crippen molar-refractivity contribution in [3.05, 3.63) is 16.6 Å². The molecule has 1 rings (SSSR count).